The van der Waals surface area contributed by atoms with Crippen LogP contribution in [0.3, 0.4) is 0 Å². The fourth-order valence-corrected chi connectivity index (χ4v) is 2.32. The van der Waals surface area contributed by atoms with Crippen molar-refractivity contribution in [1.29, 1.82) is 0 Å². The normalized spacial score (nSPS) is 26.4. The van der Waals surface area contributed by atoms with Crippen molar-refractivity contribution in [2.24, 2.45) is 11.8 Å². The summed E-state index contributed by atoms with van der Waals surface area (Å²) in [6.45, 7) is 5.07. The van der Waals surface area contributed by atoms with Crippen LogP contribution < -0.4 is 0 Å². The average Bonchev–Trinajstić information content (AvgIpc) is 2.17. The number of piperidine rings is 1. The number of hydrogen-bond acceptors (Lipinski definition) is 2. The molecule has 1 aliphatic heterocycles. The first kappa shape index (κ1) is 12.0. The van der Waals surface area contributed by atoms with Crippen LogP contribution in [0.15, 0.2) is 0 Å². The Labute approximate surface area is 90.3 Å². The number of aliphatic carboxylic acids is 1. The van der Waals surface area contributed by atoms with Gasteiger partial charge in [-0.15, -0.1) is 0 Å². The van der Waals surface area contributed by atoms with E-state index in [0.717, 1.165) is 19.4 Å². The van der Waals surface area contributed by atoms with Gasteiger partial charge in [0, 0.05) is 26.4 Å². The third kappa shape index (κ3) is 3.22. The van der Waals surface area contributed by atoms with Crippen molar-refractivity contribution in [3.8, 4) is 0 Å². The van der Waals surface area contributed by atoms with Crippen molar-refractivity contribution in [2.45, 2.75) is 33.1 Å². The molecular weight excluding hydrogens is 194 g/mol. The van der Waals surface area contributed by atoms with Gasteiger partial charge in [0.15, 0.2) is 0 Å². The van der Waals surface area contributed by atoms with Gasteiger partial charge in [-0.3, -0.25) is 9.59 Å². The molecule has 1 N–H and O–H groups in total. The van der Waals surface area contributed by atoms with E-state index in [4.69, 9.17) is 5.11 Å². The van der Waals surface area contributed by atoms with Crippen LogP contribution in [0.2, 0.25) is 0 Å². The Morgan fingerprint density at radius 1 is 1.40 bits per heavy atom. The Kier molecular flexibility index (Phi) is 4.12. The van der Waals surface area contributed by atoms with E-state index in [0.29, 0.717) is 12.5 Å². The van der Waals surface area contributed by atoms with E-state index in [1.807, 2.05) is 4.90 Å². The summed E-state index contributed by atoms with van der Waals surface area (Å²) in [6, 6.07) is 0. The van der Waals surface area contributed by atoms with Crippen LogP contribution in [0.25, 0.3) is 0 Å². The largest absolute Gasteiger partial charge is 0.481 e. The lowest BCUT2D eigenvalue weighted by molar-refractivity contribution is -0.139. The Balaban J connectivity index is 2.56. The molecule has 4 heteroatoms. The van der Waals surface area contributed by atoms with Gasteiger partial charge in [-0.2, -0.15) is 0 Å². The van der Waals surface area contributed by atoms with Crippen molar-refractivity contribution < 1.29 is 14.7 Å². The van der Waals surface area contributed by atoms with Crippen molar-refractivity contribution in [1.82, 2.24) is 4.90 Å². The minimum atomic E-state index is -0.727. The molecule has 1 heterocycles. The standard InChI is InChI=1S/C11H19NO3/c1-3-9-7-12(8(2)13)5-4-10(9)6-11(14)15/h9-10H,3-7H2,1-2H3,(H,14,15). The lowest BCUT2D eigenvalue weighted by Gasteiger charge is -2.37. The molecule has 2 unspecified atom stereocenters. The molecule has 0 aromatic rings. The number of carbonyl (C=O) groups excluding carboxylic acids is 1. The minimum absolute atomic E-state index is 0.0993. The summed E-state index contributed by atoms with van der Waals surface area (Å²) >= 11 is 0. The third-order valence-electron chi connectivity index (χ3n) is 3.30. The summed E-state index contributed by atoms with van der Waals surface area (Å²) in [5.41, 5.74) is 0. The first-order chi connectivity index (χ1) is 7.04. The highest BCUT2D eigenvalue weighted by Gasteiger charge is 2.30. The van der Waals surface area contributed by atoms with Gasteiger partial charge in [-0.1, -0.05) is 13.3 Å². The van der Waals surface area contributed by atoms with Gasteiger partial charge in [0.05, 0.1) is 0 Å². The molecule has 86 valence electrons. The smallest absolute Gasteiger partial charge is 0.303 e. The van der Waals surface area contributed by atoms with Crippen LogP contribution in [0.4, 0.5) is 0 Å². The first-order valence-electron chi connectivity index (χ1n) is 5.51. The van der Waals surface area contributed by atoms with Gasteiger partial charge < -0.3 is 10.0 Å². The predicted octanol–water partition coefficient (Wildman–Crippen LogP) is 1.36. The minimum Gasteiger partial charge on any atom is -0.481 e. The SMILES string of the molecule is CCC1CN(C(C)=O)CCC1CC(=O)O. The zero-order valence-electron chi connectivity index (χ0n) is 9.40. The number of carbonyl (C=O) groups is 2. The molecule has 1 fully saturated rings. The predicted molar refractivity (Wildman–Crippen MR) is 56.4 cm³/mol. The van der Waals surface area contributed by atoms with E-state index in [-0.39, 0.29) is 18.2 Å². The highest BCUT2D eigenvalue weighted by Crippen LogP contribution is 2.28. The van der Waals surface area contributed by atoms with Gasteiger partial charge in [-0.25, -0.2) is 0 Å². The number of carboxylic acid groups (broad SMARTS) is 1. The molecular formula is C11H19NO3. The van der Waals surface area contributed by atoms with Gasteiger partial charge in [0.2, 0.25) is 5.91 Å². The van der Waals surface area contributed by atoms with Crippen LogP contribution in [0.1, 0.15) is 33.1 Å². The Morgan fingerprint density at radius 3 is 2.53 bits per heavy atom. The van der Waals surface area contributed by atoms with Crippen LogP contribution in [0, 0.1) is 11.8 Å². The van der Waals surface area contributed by atoms with E-state index in [1.54, 1.807) is 6.92 Å². The Morgan fingerprint density at radius 2 is 2.07 bits per heavy atom. The lowest BCUT2D eigenvalue weighted by Crippen LogP contribution is -2.43. The summed E-state index contributed by atoms with van der Waals surface area (Å²) in [5, 5.41) is 8.77. The van der Waals surface area contributed by atoms with Crippen molar-refractivity contribution in [3.63, 3.8) is 0 Å². The molecule has 2 atom stereocenters. The second kappa shape index (κ2) is 5.14. The second-order valence-electron chi connectivity index (χ2n) is 4.28. The van der Waals surface area contributed by atoms with E-state index < -0.39 is 5.97 Å². The number of carboxylic acids is 1. The molecule has 0 aromatic heterocycles. The first-order valence-corrected chi connectivity index (χ1v) is 5.51. The topological polar surface area (TPSA) is 57.6 Å². The fourth-order valence-electron chi connectivity index (χ4n) is 2.32. The number of amides is 1. The quantitative estimate of drug-likeness (QED) is 0.770. The van der Waals surface area contributed by atoms with E-state index >= 15 is 0 Å². The molecule has 1 amide bonds. The third-order valence-corrected chi connectivity index (χ3v) is 3.30. The molecule has 0 bridgehead atoms. The highest BCUT2D eigenvalue weighted by molar-refractivity contribution is 5.73. The number of rotatable bonds is 3. The van der Waals surface area contributed by atoms with Crippen molar-refractivity contribution in [2.75, 3.05) is 13.1 Å². The van der Waals surface area contributed by atoms with Crippen molar-refractivity contribution >= 4 is 11.9 Å². The maximum atomic E-state index is 11.2. The van der Waals surface area contributed by atoms with Crippen LogP contribution in [-0.4, -0.2) is 35.0 Å². The molecule has 0 radical (unpaired) electrons. The van der Waals surface area contributed by atoms with Crippen molar-refractivity contribution in [3.05, 3.63) is 0 Å². The van der Waals surface area contributed by atoms with Gasteiger partial charge >= 0.3 is 5.97 Å². The molecule has 0 aliphatic carbocycles. The molecule has 1 saturated heterocycles. The fraction of sp³-hybridized carbons (Fsp3) is 0.818. The zero-order valence-corrected chi connectivity index (χ0v) is 9.40. The molecule has 0 saturated carbocycles. The van der Waals surface area contributed by atoms with Gasteiger partial charge in [-0.05, 0) is 18.3 Å². The zero-order chi connectivity index (χ0) is 11.4. The Hall–Kier alpha value is -1.06. The molecule has 4 nitrogen and oxygen atoms in total. The molecule has 15 heavy (non-hydrogen) atoms. The van der Waals surface area contributed by atoms with Crippen LogP contribution >= 0.6 is 0 Å². The van der Waals surface area contributed by atoms with Gasteiger partial charge in [0.1, 0.15) is 0 Å². The maximum absolute atomic E-state index is 11.2. The molecule has 0 aromatic carbocycles. The van der Waals surface area contributed by atoms with E-state index in [2.05, 4.69) is 6.92 Å². The summed E-state index contributed by atoms with van der Waals surface area (Å²) in [7, 11) is 0. The van der Waals surface area contributed by atoms with E-state index in [9.17, 15) is 9.59 Å². The summed E-state index contributed by atoms with van der Waals surface area (Å²) < 4.78 is 0. The number of likely N-dealkylation sites (tertiary alicyclic amines) is 1. The molecule has 0 spiro atoms. The average molecular weight is 213 g/mol. The van der Waals surface area contributed by atoms with Crippen LogP contribution in [-0.2, 0) is 9.59 Å². The second-order valence-corrected chi connectivity index (χ2v) is 4.28. The van der Waals surface area contributed by atoms with Crippen LogP contribution in [0.5, 0.6) is 0 Å². The van der Waals surface area contributed by atoms with E-state index in [1.165, 1.54) is 0 Å². The Bertz CT molecular complexity index is 252. The number of hydrogen-bond donors (Lipinski definition) is 1. The molecule has 1 rings (SSSR count). The summed E-state index contributed by atoms with van der Waals surface area (Å²) in [4.78, 5) is 23.7. The highest BCUT2D eigenvalue weighted by atomic mass is 16.4. The summed E-state index contributed by atoms with van der Waals surface area (Å²) in [6.07, 6.45) is 2.01. The maximum Gasteiger partial charge on any atom is 0.303 e. The molecule has 1 aliphatic rings. The summed E-state index contributed by atoms with van der Waals surface area (Å²) in [5.74, 6) is -0.0428. The lowest BCUT2D eigenvalue weighted by atomic mass is 9.81. The van der Waals surface area contributed by atoms with Gasteiger partial charge in [0.25, 0.3) is 0 Å². The monoisotopic (exact) mass is 213 g/mol. The number of nitrogens with zero attached hydrogens (tertiary/aromatic N) is 1.